The van der Waals surface area contributed by atoms with Crippen LogP contribution in [0.25, 0.3) is 0 Å². The van der Waals surface area contributed by atoms with Crippen molar-refractivity contribution in [3.8, 4) is 11.8 Å². The minimum atomic E-state index is -0.399. The van der Waals surface area contributed by atoms with Crippen LogP contribution in [-0.4, -0.2) is 17.4 Å². The quantitative estimate of drug-likeness (QED) is 0.720. The smallest absolute Gasteiger partial charge is 0.257 e. The summed E-state index contributed by atoms with van der Waals surface area (Å²) in [5, 5.41) is 2.70. The summed E-state index contributed by atoms with van der Waals surface area (Å²) in [6, 6.07) is 8.78. The van der Waals surface area contributed by atoms with E-state index in [0.717, 1.165) is 11.1 Å². The van der Waals surface area contributed by atoms with Crippen LogP contribution in [0.4, 0.5) is 0 Å². The second-order valence-corrected chi connectivity index (χ2v) is 4.31. The Balaban J connectivity index is 1.99. The number of carbonyl (C=O) groups is 1. The standard InChI is InChI=1S/C16H15N3O2/c17-8-1-2-12-3-5-13(6-4-12)10-19-16(21)14-11-18-9-7-15(14)20/h3-7,9,11H,8,10,17H2,(H,18,20)(H,19,21). The first-order chi connectivity index (χ1) is 10.2. The number of rotatable bonds is 3. The Morgan fingerprint density at radius 2 is 2.00 bits per heavy atom. The van der Waals surface area contributed by atoms with Gasteiger partial charge >= 0.3 is 0 Å². The van der Waals surface area contributed by atoms with Crippen molar-refractivity contribution < 1.29 is 4.79 Å². The number of benzene rings is 1. The van der Waals surface area contributed by atoms with E-state index in [-0.39, 0.29) is 11.0 Å². The van der Waals surface area contributed by atoms with Crippen LogP contribution in [0.1, 0.15) is 21.5 Å². The summed E-state index contributed by atoms with van der Waals surface area (Å²) in [6.45, 7) is 0.668. The Morgan fingerprint density at radius 1 is 1.24 bits per heavy atom. The van der Waals surface area contributed by atoms with Crippen LogP contribution >= 0.6 is 0 Å². The highest BCUT2D eigenvalue weighted by atomic mass is 16.2. The minimum Gasteiger partial charge on any atom is -0.367 e. The molecule has 0 saturated carbocycles. The van der Waals surface area contributed by atoms with Crippen LogP contribution < -0.4 is 16.5 Å². The maximum Gasteiger partial charge on any atom is 0.257 e. The van der Waals surface area contributed by atoms with E-state index >= 15 is 0 Å². The predicted molar refractivity (Wildman–Crippen MR) is 80.6 cm³/mol. The van der Waals surface area contributed by atoms with Crippen LogP contribution in [0.2, 0.25) is 0 Å². The summed E-state index contributed by atoms with van der Waals surface area (Å²) < 4.78 is 0. The molecule has 1 aromatic heterocycles. The topological polar surface area (TPSA) is 88.0 Å². The van der Waals surface area contributed by atoms with E-state index < -0.39 is 5.91 Å². The van der Waals surface area contributed by atoms with E-state index in [2.05, 4.69) is 22.1 Å². The van der Waals surface area contributed by atoms with Gasteiger partial charge in [0.25, 0.3) is 5.91 Å². The van der Waals surface area contributed by atoms with Gasteiger partial charge in [0.05, 0.1) is 6.54 Å². The number of aromatic amines is 1. The molecule has 0 fully saturated rings. The monoisotopic (exact) mass is 281 g/mol. The number of nitrogens with two attached hydrogens (primary N) is 1. The first-order valence-corrected chi connectivity index (χ1v) is 6.44. The molecule has 0 radical (unpaired) electrons. The first kappa shape index (κ1) is 14.6. The number of H-pyrrole nitrogens is 1. The molecule has 0 aliphatic rings. The number of hydrogen-bond acceptors (Lipinski definition) is 3. The molecule has 5 nitrogen and oxygen atoms in total. The molecule has 0 spiro atoms. The van der Waals surface area contributed by atoms with E-state index in [0.29, 0.717) is 13.1 Å². The fraction of sp³-hybridized carbons (Fsp3) is 0.125. The molecule has 0 bridgehead atoms. The van der Waals surface area contributed by atoms with E-state index in [4.69, 9.17) is 5.73 Å². The van der Waals surface area contributed by atoms with E-state index in [9.17, 15) is 9.59 Å². The third-order valence-electron chi connectivity index (χ3n) is 2.81. The van der Waals surface area contributed by atoms with Crippen molar-refractivity contribution in [1.29, 1.82) is 0 Å². The molecule has 0 unspecified atom stereocenters. The van der Waals surface area contributed by atoms with Gasteiger partial charge in [-0.15, -0.1) is 0 Å². The van der Waals surface area contributed by atoms with Crippen molar-refractivity contribution >= 4 is 5.91 Å². The second kappa shape index (κ2) is 7.08. The molecular weight excluding hydrogens is 266 g/mol. The molecule has 2 aromatic rings. The van der Waals surface area contributed by atoms with Crippen LogP contribution in [-0.2, 0) is 6.54 Å². The molecular formula is C16H15N3O2. The summed E-state index contributed by atoms with van der Waals surface area (Å²) in [5.74, 6) is 5.29. The Kier molecular flexibility index (Phi) is 4.91. The summed E-state index contributed by atoms with van der Waals surface area (Å²) >= 11 is 0. The van der Waals surface area contributed by atoms with Crippen molar-refractivity contribution in [1.82, 2.24) is 10.3 Å². The van der Waals surface area contributed by atoms with Crippen molar-refractivity contribution in [3.63, 3.8) is 0 Å². The summed E-state index contributed by atoms with van der Waals surface area (Å²) in [5.41, 5.74) is 6.89. The van der Waals surface area contributed by atoms with Crippen molar-refractivity contribution in [2.75, 3.05) is 6.54 Å². The molecule has 0 saturated heterocycles. The SMILES string of the molecule is NCC#Cc1ccc(CNC(=O)c2c[nH]ccc2=O)cc1. The van der Waals surface area contributed by atoms with Gasteiger partial charge in [-0.3, -0.25) is 9.59 Å². The fourth-order valence-electron chi connectivity index (χ4n) is 1.73. The number of aromatic nitrogens is 1. The van der Waals surface area contributed by atoms with Crippen molar-refractivity contribution in [2.24, 2.45) is 5.73 Å². The fourth-order valence-corrected chi connectivity index (χ4v) is 1.73. The van der Waals surface area contributed by atoms with Gasteiger partial charge in [-0.05, 0) is 17.7 Å². The van der Waals surface area contributed by atoms with E-state index in [1.54, 1.807) is 0 Å². The van der Waals surface area contributed by atoms with E-state index in [1.165, 1.54) is 18.5 Å². The van der Waals surface area contributed by atoms with Crippen molar-refractivity contribution in [2.45, 2.75) is 6.54 Å². The Labute approximate surface area is 122 Å². The Bertz CT molecular complexity index is 736. The highest BCUT2D eigenvalue weighted by molar-refractivity contribution is 5.93. The third kappa shape index (κ3) is 4.06. The summed E-state index contributed by atoms with van der Waals surface area (Å²) in [7, 11) is 0. The maximum atomic E-state index is 11.9. The highest BCUT2D eigenvalue weighted by Crippen LogP contribution is 2.03. The molecule has 5 heteroatoms. The molecule has 0 atom stereocenters. The van der Waals surface area contributed by atoms with Gasteiger partial charge in [0, 0.05) is 30.6 Å². The lowest BCUT2D eigenvalue weighted by molar-refractivity contribution is 0.0949. The van der Waals surface area contributed by atoms with Crippen LogP contribution in [0.15, 0.2) is 47.5 Å². The largest absolute Gasteiger partial charge is 0.367 e. The number of amides is 1. The van der Waals surface area contributed by atoms with Gasteiger partial charge in [0.2, 0.25) is 0 Å². The average Bonchev–Trinajstić information content (AvgIpc) is 2.52. The number of hydrogen-bond donors (Lipinski definition) is 3. The molecule has 106 valence electrons. The zero-order valence-electron chi connectivity index (χ0n) is 11.3. The van der Waals surface area contributed by atoms with Gasteiger partial charge < -0.3 is 16.0 Å². The van der Waals surface area contributed by atoms with Crippen LogP contribution in [0.5, 0.6) is 0 Å². The predicted octanol–water partition coefficient (Wildman–Crippen LogP) is 0.615. The molecule has 2 rings (SSSR count). The molecule has 21 heavy (non-hydrogen) atoms. The van der Waals surface area contributed by atoms with Crippen molar-refractivity contribution in [3.05, 3.63) is 69.6 Å². The minimum absolute atomic E-state index is 0.0999. The van der Waals surface area contributed by atoms with Gasteiger partial charge in [-0.1, -0.05) is 24.0 Å². The molecule has 1 amide bonds. The molecule has 0 aliphatic carbocycles. The number of pyridine rings is 1. The maximum absolute atomic E-state index is 11.9. The van der Waals surface area contributed by atoms with Gasteiger partial charge in [0.1, 0.15) is 5.56 Å². The first-order valence-electron chi connectivity index (χ1n) is 6.44. The summed E-state index contributed by atoms with van der Waals surface area (Å²) in [6.07, 6.45) is 2.88. The lowest BCUT2D eigenvalue weighted by Crippen LogP contribution is -2.27. The third-order valence-corrected chi connectivity index (χ3v) is 2.81. The number of nitrogens with one attached hydrogen (secondary N) is 2. The molecule has 4 N–H and O–H groups in total. The van der Waals surface area contributed by atoms with Gasteiger partial charge in [0.15, 0.2) is 5.43 Å². The van der Waals surface area contributed by atoms with Gasteiger partial charge in [-0.25, -0.2) is 0 Å². The van der Waals surface area contributed by atoms with E-state index in [1.807, 2.05) is 24.3 Å². The normalized spacial score (nSPS) is 9.57. The lowest BCUT2D eigenvalue weighted by atomic mass is 10.1. The zero-order chi connectivity index (χ0) is 15.1. The lowest BCUT2D eigenvalue weighted by Gasteiger charge is -2.05. The summed E-state index contributed by atoms with van der Waals surface area (Å²) in [4.78, 5) is 26.1. The van der Waals surface area contributed by atoms with Crippen LogP contribution in [0, 0.1) is 11.8 Å². The molecule has 0 aliphatic heterocycles. The van der Waals surface area contributed by atoms with Gasteiger partial charge in [-0.2, -0.15) is 0 Å². The molecule has 1 aromatic carbocycles. The number of carbonyl (C=O) groups excluding carboxylic acids is 1. The molecule has 1 heterocycles. The Morgan fingerprint density at radius 3 is 2.67 bits per heavy atom. The van der Waals surface area contributed by atoms with Crippen LogP contribution in [0.3, 0.4) is 0 Å². The Hall–Kier alpha value is -2.84. The highest BCUT2D eigenvalue weighted by Gasteiger charge is 2.08. The average molecular weight is 281 g/mol. The zero-order valence-corrected chi connectivity index (χ0v) is 11.3. The second-order valence-electron chi connectivity index (χ2n) is 4.31.